The molecule has 0 aliphatic heterocycles. The van der Waals surface area contributed by atoms with Crippen molar-refractivity contribution in [1.29, 1.82) is 0 Å². The van der Waals surface area contributed by atoms with Crippen LogP contribution in [0.1, 0.15) is 0 Å². The first kappa shape index (κ1) is 22.3. The molecule has 41 heavy (non-hydrogen) atoms. The Kier molecular flexibility index (Phi) is 4.61. The minimum atomic E-state index is 0.893. The van der Waals surface area contributed by atoms with Crippen LogP contribution in [0.25, 0.3) is 82.9 Å². The quantitative estimate of drug-likeness (QED) is 0.230. The molecule has 0 radical (unpaired) electrons. The van der Waals surface area contributed by atoms with Crippen LogP contribution in [0.3, 0.4) is 0 Å². The third kappa shape index (κ3) is 3.26. The van der Waals surface area contributed by atoms with Gasteiger partial charge in [-0.25, -0.2) is 0 Å². The smallest absolute Gasteiger partial charge is 0.161 e. The van der Waals surface area contributed by atoms with Crippen molar-refractivity contribution in [2.45, 2.75) is 0 Å². The molecule has 3 aromatic heterocycles. The number of hydrogen-bond acceptors (Lipinski definition) is 2. The number of fused-ring (bicyclic) bond motifs is 8. The summed E-state index contributed by atoms with van der Waals surface area (Å²) in [4.78, 5) is 0. The van der Waals surface area contributed by atoms with Gasteiger partial charge in [-0.15, -0.1) is 0 Å². The van der Waals surface area contributed by atoms with Gasteiger partial charge in [0.1, 0.15) is 22.3 Å². The van der Waals surface area contributed by atoms with Crippen molar-refractivity contribution in [3.8, 4) is 27.9 Å². The molecular formula is C38H23NO2. The summed E-state index contributed by atoms with van der Waals surface area (Å²) in [6, 6.07) is 48.9. The van der Waals surface area contributed by atoms with Crippen LogP contribution in [0, 0.1) is 0 Å². The fourth-order valence-electron chi connectivity index (χ4n) is 6.35. The summed E-state index contributed by atoms with van der Waals surface area (Å²) in [7, 11) is 0. The Morgan fingerprint density at radius 1 is 0.439 bits per heavy atom. The number of nitrogens with zero attached hydrogens (tertiary/aromatic N) is 1. The second-order valence-electron chi connectivity index (χ2n) is 10.5. The maximum absolute atomic E-state index is 6.47. The Morgan fingerprint density at radius 3 is 2.00 bits per heavy atom. The van der Waals surface area contributed by atoms with Gasteiger partial charge in [0.2, 0.25) is 0 Å². The first-order valence-corrected chi connectivity index (χ1v) is 13.9. The molecule has 0 saturated heterocycles. The van der Waals surface area contributed by atoms with Gasteiger partial charge in [-0.05, 0) is 70.8 Å². The summed E-state index contributed by atoms with van der Waals surface area (Å²) >= 11 is 0. The molecule has 0 fully saturated rings. The SMILES string of the molecule is c1ccc(-n2c3ccccc3c3oc4ccc(-c5ccc(-c6cccc7oc8ccccc8c67)cc5)cc4c32)cc1. The van der Waals surface area contributed by atoms with E-state index in [2.05, 4.69) is 126 Å². The molecule has 9 rings (SSSR count). The van der Waals surface area contributed by atoms with E-state index in [-0.39, 0.29) is 0 Å². The Balaban J connectivity index is 1.21. The zero-order valence-electron chi connectivity index (χ0n) is 22.0. The minimum Gasteiger partial charge on any atom is -0.456 e. The lowest BCUT2D eigenvalue weighted by Gasteiger charge is -2.08. The predicted octanol–water partition coefficient (Wildman–Crippen LogP) is 10.8. The van der Waals surface area contributed by atoms with Gasteiger partial charge in [-0.2, -0.15) is 0 Å². The maximum Gasteiger partial charge on any atom is 0.161 e. The van der Waals surface area contributed by atoms with Gasteiger partial charge in [-0.3, -0.25) is 0 Å². The van der Waals surface area contributed by atoms with E-state index in [1.807, 2.05) is 18.2 Å². The summed E-state index contributed by atoms with van der Waals surface area (Å²) in [5, 5.41) is 4.53. The summed E-state index contributed by atoms with van der Waals surface area (Å²) in [6.45, 7) is 0. The van der Waals surface area contributed by atoms with Gasteiger partial charge < -0.3 is 13.4 Å². The van der Waals surface area contributed by atoms with Gasteiger partial charge in [0.05, 0.1) is 5.52 Å². The van der Waals surface area contributed by atoms with Gasteiger partial charge >= 0.3 is 0 Å². The van der Waals surface area contributed by atoms with Crippen molar-refractivity contribution >= 4 is 54.9 Å². The predicted molar refractivity (Wildman–Crippen MR) is 169 cm³/mol. The Hall–Kier alpha value is -5.54. The highest BCUT2D eigenvalue weighted by Crippen LogP contribution is 2.41. The third-order valence-electron chi connectivity index (χ3n) is 8.22. The maximum atomic E-state index is 6.47. The van der Waals surface area contributed by atoms with Gasteiger partial charge in [-0.1, -0.05) is 91.0 Å². The Morgan fingerprint density at radius 2 is 1.12 bits per heavy atom. The number of aromatic nitrogens is 1. The van der Waals surface area contributed by atoms with Gasteiger partial charge in [0.15, 0.2) is 5.58 Å². The van der Waals surface area contributed by atoms with Crippen molar-refractivity contribution in [3.63, 3.8) is 0 Å². The summed E-state index contributed by atoms with van der Waals surface area (Å²) < 4.78 is 14.9. The van der Waals surface area contributed by atoms with Crippen LogP contribution in [-0.2, 0) is 0 Å². The van der Waals surface area contributed by atoms with E-state index in [1.165, 1.54) is 11.1 Å². The Labute approximate surface area is 235 Å². The highest BCUT2D eigenvalue weighted by atomic mass is 16.3. The number of para-hydroxylation sites is 3. The molecule has 3 heteroatoms. The van der Waals surface area contributed by atoms with Crippen molar-refractivity contribution in [3.05, 3.63) is 140 Å². The van der Waals surface area contributed by atoms with Crippen LogP contribution >= 0.6 is 0 Å². The molecular weight excluding hydrogens is 502 g/mol. The highest BCUT2D eigenvalue weighted by molar-refractivity contribution is 6.17. The molecule has 0 aliphatic rings. The van der Waals surface area contributed by atoms with E-state index in [9.17, 15) is 0 Å². The first-order valence-electron chi connectivity index (χ1n) is 13.9. The number of rotatable bonds is 3. The zero-order chi connectivity index (χ0) is 26.9. The molecule has 3 nitrogen and oxygen atoms in total. The van der Waals surface area contributed by atoms with Crippen LogP contribution < -0.4 is 0 Å². The third-order valence-corrected chi connectivity index (χ3v) is 8.22. The van der Waals surface area contributed by atoms with Crippen LogP contribution in [0.4, 0.5) is 0 Å². The molecule has 0 spiro atoms. The van der Waals surface area contributed by atoms with Crippen molar-refractivity contribution in [1.82, 2.24) is 4.57 Å². The standard InChI is InChI=1S/C38H23NO2/c1-2-9-27(10-3-1)39-32-14-6-4-11-29(32)38-37(39)31-23-26(21-22-34(31)41-38)24-17-19-25(20-18-24)28-13-8-16-35-36(28)30-12-5-7-15-33(30)40-35/h1-23H. The van der Waals surface area contributed by atoms with E-state index in [0.717, 1.165) is 71.7 Å². The van der Waals surface area contributed by atoms with Crippen molar-refractivity contribution < 1.29 is 8.83 Å². The van der Waals surface area contributed by atoms with Crippen molar-refractivity contribution in [2.75, 3.05) is 0 Å². The van der Waals surface area contributed by atoms with E-state index >= 15 is 0 Å². The van der Waals surface area contributed by atoms with E-state index in [1.54, 1.807) is 0 Å². The first-order chi connectivity index (χ1) is 20.3. The molecule has 9 aromatic rings. The minimum absolute atomic E-state index is 0.893. The van der Waals surface area contributed by atoms with E-state index in [4.69, 9.17) is 8.83 Å². The lowest BCUT2D eigenvalue weighted by atomic mass is 9.96. The lowest BCUT2D eigenvalue weighted by Crippen LogP contribution is -1.92. The summed E-state index contributed by atoms with van der Waals surface area (Å²) in [5.41, 5.74) is 11.7. The van der Waals surface area contributed by atoms with Crippen LogP contribution in [-0.4, -0.2) is 4.57 Å². The largest absolute Gasteiger partial charge is 0.456 e. The second kappa shape index (κ2) is 8.48. The monoisotopic (exact) mass is 525 g/mol. The molecule has 0 unspecified atom stereocenters. The van der Waals surface area contributed by atoms with Crippen LogP contribution in [0.15, 0.2) is 148 Å². The topological polar surface area (TPSA) is 31.2 Å². The molecule has 0 atom stereocenters. The molecule has 0 bridgehead atoms. The molecule has 0 N–H and O–H groups in total. The zero-order valence-corrected chi connectivity index (χ0v) is 22.0. The molecule has 0 aliphatic carbocycles. The molecule has 6 aromatic carbocycles. The lowest BCUT2D eigenvalue weighted by molar-refractivity contribution is 0.669. The van der Waals surface area contributed by atoms with E-state index < -0.39 is 0 Å². The van der Waals surface area contributed by atoms with Crippen LogP contribution in [0.2, 0.25) is 0 Å². The fourth-order valence-corrected chi connectivity index (χ4v) is 6.35. The van der Waals surface area contributed by atoms with Crippen LogP contribution in [0.5, 0.6) is 0 Å². The summed E-state index contributed by atoms with van der Waals surface area (Å²) in [6.07, 6.45) is 0. The average molecular weight is 526 g/mol. The number of hydrogen-bond donors (Lipinski definition) is 0. The average Bonchev–Trinajstić information content (AvgIpc) is 3.70. The Bertz CT molecular complexity index is 2400. The molecule has 3 heterocycles. The molecule has 0 amide bonds. The highest BCUT2D eigenvalue weighted by Gasteiger charge is 2.19. The summed E-state index contributed by atoms with van der Waals surface area (Å²) in [5.74, 6) is 0. The molecule has 0 saturated carbocycles. The van der Waals surface area contributed by atoms with Gasteiger partial charge in [0.25, 0.3) is 0 Å². The van der Waals surface area contributed by atoms with Gasteiger partial charge in [0, 0.05) is 27.2 Å². The second-order valence-corrected chi connectivity index (χ2v) is 10.5. The molecule has 192 valence electrons. The van der Waals surface area contributed by atoms with E-state index in [0.29, 0.717) is 0 Å². The normalized spacial score (nSPS) is 11.9. The van der Waals surface area contributed by atoms with Crippen molar-refractivity contribution in [2.24, 2.45) is 0 Å². The number of furan rings is 2. The number of benzene rings is 6. The fraction of sp³-hybridized carbons (Fsp3) is 0.